The van der Waals surface area contributed by atoms with Gasteiger partial charge in [-0.3, -0.25) is 0 Å². The van der Waals surface area contributed by atoms with Crippen LogP contribution in [0.5, 0.6) is 0 Å². The third-order valence-electron chi connectivity index (χ3n) is 11.0. The highest BCUT2D eigenvalue weighted by Crippen LogP contribution is 2.49. The number of thiophene rings is 1. The van der Waals surface area contributed by atoms with Crippen molar-refractivity contribution in [3.63, 3.8) is 0 Å². The van der Waals surface area contributed by atoms with Crippen LogP contribution in [-0.2, 0) is 0 Å². The first-order chi connectivity index (χ1) is 26.8. The number of fused-ring (bicyclic) bond motifs is 10. The largest absolute Gasteiger partial charge is 0.309 e. The molecule has 0 fully saturated rings. The average Bonchev–Trinajstić information content (AvgIpc) is 3.64. The lowest BCUT2D eigenvalue weighted by Crippen LogP contribution is -2.11. The van der Waals surface area contributed by atoms with Crippen molar-refractivity contribution in [3.05, 3.63) is 200 Å². The van der Waals surface area contributed by atoms with Crippen molar-refractivity contribution in [2.75, 3.05) is 4.90 Å². The lowest BCUT2D eigenvalue weighted by molar-refractivity contribution is 1.30. The highest BCUT2D eigenvalue weighted by atomic mass is 32.1. The second-order valence-electron chi connectivity index (χ2n) is 14.0. The van der Waals surface area contributed by atoms with Crippen LogP contribution in [0.1, 0.15) is 0 Å². The molecule has 0 saturated carbocycles. The Morgan fingerprint density at radius 2 is 0.889 bits per heavy atom. The van der Waals surface area contributed by atoms with Gasteiger partial charge in [0, 0.05) is 31.4 Å². The number of benzene rings is 10. The maximum absolute atomic E-state index is 2.48. The molecule has 0 aliphatic carbocycles. The molecule has 0 spiro atoms. The highest BCUT2D eigenvalue weighted by Gasteiger charge is 2.22. The summed E-state index contributed by atoms with van der Waals surface area (Å²) in [6, 6.07) is 73.5. The summed E-state index contributed by atoms with van der Waals surface area (Å²) in [5.41, 5.74) is 8.26. The SMILES string of the molecule is c1ccc(-c2ccccc2N(c2ccc(-c3cc4ccc5ccccc5c4c4ccccc34)cc2)c2cccc3sc4ccc5ccccc5c4c23)cc1. The first-order valence-electron chi connectivity index (χ1n) is 18.5. The minimum Gasteiger partial charge on any atom is -0.309 e. The van der Waals surface area contributed by atoms with Crippen LogP contribution < -0.4 is 4.90 Å². The predicted octanol–water partition coefficient (Wildman–Crippen LogP) is 15.5. The maximum Gasteiger partial charge on any atom is 0.0555 e. The molecule has 0 aliphatic heterocycles. The maximum atomic E-state index is 2.48. The molecular weight excluding hydrogens is 671 g/mol. The van der Waals surface area contributed by atoms with Crippen molar-refractivity contribution in [1.82, 2.24) is 0 Å². The van der Waals surface area contributed by atoms with Crippen molar-refractivity contribution < 1.29 is 0 Å². The Balaban J connectivity index is 1.15. The van der Waals surface area contributed by atoms with Gasteiger partial charge >= 0.3 is 0 Å². The molecule has 1 aromatic heterocycles. The lowest BCUT2D eigenvalue weighted by Gasteiger charge is -2.29. The Morgan fingerprint density at radius 3 is 1.69 bits per heavy atom. The van der Waals surface area contributed by atoms with Crippen LogP contribution >= 0.6 is 11.3 Å². The Labute approximate surface area is 317 Å². The molecule has 0 N–H and O–H groups in total. The summed E-state index contributed by atoms with van der Waals surface area (Å²) in [5.74, 6) is 0. The molecule has 0 radical (unpaired) electrons. The van der Waals surface area contributed by atoms with Crippen molar-refractivity contribution in [2.45, 2.75) is 0 Å². The zero-order chi connectivity index (χ0) is 35.6. The summed E-state index contributed by atoms with van der Waals surface area (Å²) in [4.78, 5) is 2.48. The summed E-state index contributed by atoms with van der Waals surface area (Å²) >= 11 is 1.87. The van der Waals surface area contributed by atoms with Crippen LogP contribution in [0, 0.1) is 0 Å². The Bertz CT molecular complexity index is 3210. The molecule has 0 amide bonds. The van der Waals surface area contributed by atoms with Crippen molar-refractivity contribution in [2.24, 2.45) is 0 Å². The van der Waals surface area contributed by atoms with E-state index in [-0.39, 0.29) is 0 Å². The highest BCUT2D eigenvalue weighted by molar-refractivity contribution is 7.26. The third kappa shape index (κ3) is 4.85. The van der Waals surface area contributed by atoms with E-state index in [0.29, 0.717) is 0 Å². The zero-order valence-electron chi connectivity index (χ0n) is 29.4. The van der Waals surface area contributed by atoms with Gasteiger partial charge in [0.05, 0.1) is 11.4 Å². The van der Waals surface area contributed by atoms with Gasteiger partial charge < -0.3 is 4.90 Å². The van der Waals surface area contributed by atoms with Gasteiger partial charge in [-0.05, 0) is 102 Å². The number of hydrogen-bond acceptors (Lipinski definition) is 2. The average molecular weight is 704 g/mol. The molecule has 11 rings (SSSR count). The van der Waals surface area contributed by atoms with Crippen LogP contribution in [-0.4, -0.2) is 0 Å². The van der Waals surface area contributed by atoms with Gasteiger partial charge in [0.15, 0.2) is 0 Å². The van der Waals surface area contributed by atoms with Gasteiger partial charge in [-0.15, -0.1) is 11.3 Å². The second kappa shape index (κ2) is 12.4. The van der Waals surface area contributed by atoms with Crippen LogP contribution in [0.2, 0.25) is 0 Å². The number of para-hydroxylation sites is 1. The molecule has 0 bridgehead atoms. The zero-order valence-corrected chi connectivity index (χ0v) is 30.2. The monoisotopic (exact) mass is 703 g/mol. The molecule has 11 aromatic rings. The normalized spacial score (nSPS) is 11.7. The molecule has 2 heteroatoms. The van der Waals surface area contributed by atoms with E-state index < -0.39 is 0 Å². The number of nitrogens with zero attached hydrogens (tertiary/aromatic N) is 1. The van der Waals surface area contributed by atoms with Gasteiger partial charge in [-0.2, -0.15) is 0 Å². The molecule has 1 nitrogen and oxygen atoms in total. The van der Waals surface area contributed by atoms with E-state index in [9.17, 15) is 0 Å². The van der Waals surface area contributed by atoms with Crippen molar-refractivity contribution in [1.29, 1.82) is 0 Å². The van der Waals surface area contributed by atoms with Crippen molar-refractivity contribution >= 4 is 91.7 Å². The fourth-order valence-corrected chi connectivity index (χ4v) is 9.74. The molecule has 10 aromatic carbocycles. The van der Waals surface area contributed by atoms with E-state index >= 15 is 0 Å². The standard InChI is InChI=1S/C52H33NS/c1-2-13-34(14-3-1)40-17-10-11-22-46(40)53(47-23-12-24-48-52(47)51-42-19-7-5-16-36(42)29-32-49(51)54-48)39-30-27-37(28-31-39)45-33-38-26-25-35-15-4-6-18-41(35)50(38)44-21-9-8-20-43(44)45/h1-33H. The van der Waals surface area contributed by atoms with Crippen LogP contribution in [0.15, 0.2) is 200 Å². The number of rotatable bonds is 5. The summed E-state index contributed by atoms with van der Waals surface area (Å²) in [6.07, 6.45) is 0. The first-order valence-corrected chi connectivity index (χ1v) is 19.3. The molecular formula is C52H33NS. The van der Waals surface area contributed by atoms with Gasteiger partial charge in [0.2, 0.25) is 0 Å². The second-order valence-corrected chi connectivity index (χ2v) is 15.1. The number of hydrogen-bond donors (Lipinski definition) is 0. The number of anilines is 3. The topological polar surface area (TPSA) is 3.24 Å². The third-order valence-corrected chi connectivity index (χ3v) is 12.1. The fraction of sp³-hybridized carbons (Fsp3) is 0. The minimum absolute atomic E-state index is 1.12. The van der Waals surface area contributed by atoms with E-state index in [1.54, 1.807) is 0 Å². The van der Waals surface area contributed by atoms with Gasteiger partial charge in [0.25, 0.3) is 0 Å². The van der Waals surface area contributed by atoms with Gasteiger partial charge in [0.1, 0.15) is 0 Å². The molecule has 0 unspecified atom stereocenters. The smallest absolute Gasteiger partial charge is 0.0555 e. The Hall–Kier alpha value is -6.74. The quantitative estimate of drug-likeness (QED) is 0.161. The lowest BCUT2D eigenvalue weighted by atomic mass is 9.90. The van der Waals surface area contributed by atoms with E-state index in [4.69, 9.17) is 0 Å². The first kappa shape index (κ1) is 30.8. The molecule has 0 aliphatic rings. The summed E-state index contributed by atoms with van der Waals surface area (Å²) in [5, 5.41) is 12.8. The molecule has 0 atom stereocenters. The van der Waals surface area contributed by atoms with E-state index in [1.165, 1.54) is 91.2 Å². The van der Waals surface area contributed by atoms with E-state index in [0.717, 1.165) is 11.4 Å². The van der Waals surface area contributed by atoms with E-state index in [2.05, 4.69) is 205 Å². The fourth-order valence-electron chi connectivity index (χ4n) is 8.60. The van der Waals surface area contributed by atoms with Crippen LogP contribution in [0.4, 0.5) is 17.1 Å². The Kier molecular flexibility index (Phi) is 7.11. The van der Waals surface area contributed by atoms with E-state index in [1.807, 2.05) is 11.3 Å². The molecule has 54 heavy (non-hydrogen) atoms. The Morgan fingerprint density at radius 1 is 0.315 bits per heavy atom. The predicted molar refractivity (Wildman–Crippen MR) is 235 cm³/mol. The van der Waals surface area contributed by atoms with Gasteiger partial charge in [-0.25, -0.2) is 0 Å². The summed E-state index contributed by atoms with van der Waals surface area (Å²) in [6.45, 7) is 0. The molecule has 252 valence electrons. The summed E-state index contributed by atoms with van der Waals surface area (Å²) in [7, 11) is 0. The summed E-state index contributed by atoms with van der Waals surface area (Å²) < 4.78 is 2.59. The van der Waals surface area contributed by atoms with Gasteiger partial charge in [-0.1, -0.05) is 158 Å². The van der Waals surface area contributed by atoms with Crippen LogP contribution in [0.25, 0.3) is 85.5 Å². The van der Waals surface area contributed by atoms with Crippen molar-refractivity contribution in [3.8, 4) is 22.3 Å². The molecule has 1 heterocycles. The van der Waals surface area contributed by atoms with Crippen LogP contribution in [0.3, 0.4) is 0 Å². The minimum atomic E-state index is 1.12. The molecule has 0 saturated heterocycles.